The second-order valence-electron chi connectivity index (χ2n) is 6.20. The fourth-order valence-corrected chi connectivity index (χ4v) is 2.35. The van der Waals surface area contributed by atoms with Crippen LogP contribution in [0, 0.1) is 0 Å². The summed E-state index contributed by atoms with van der Waals surface area (Å²) in [5.74, 6) is 0.246. The Morgan fingerprint density at radius 3 is 2.58 bits per heavy atom. The number of carbonyl (C=O) groups excluding carboxylic acids is 2. The number of hydrogen-bond acceptors (Lipinski definition) is 3. The van der Waals surface area contributed by atoms with E-state index in [1.807, 2.05) is 38.1 Å². The van der Waals surface area contributed by atoms with E-state index in [9.17, 15) is 9.59 Å². The fourth-order valence-electron chi connectivity index (χ4n) is 2.35. The predicted octanol–water partition coefficient (Wildman–Crippen LogP) is 3.79. The summed E-state index contributed by atoms with van der Waals surface area (Å²) in [6, 6.07) is 14.6. The van der Waals surface area contributed by atoms with Crippen molar-refractivity contribution in [2.45, 2.75) is 39.7 Å². The van der Waals surface area contributed by atoms with E-state index in [1.165, 1.54) is 0 Å². The number of rotatable bonds is 8. The molecule has 5 nitrogen and oxygen atoms in total. The molecule has 0 aromatic heterocycles. The average molecular weight is 354 g/mol. The smallest absolute Gasteiger partial charge is 0.262 e. The van der Waals surface area contributed by atoms with Gasteiger partial charge >= 0.3 is 0 Å². The van der Waals surface area contributed by atoms with Crippen LogP contribution >= 0.6 is 0 Å². The van der Waals surface area contributed by atoms with E-state index in [1.54, 1.807) is 24.3 Å². The molecule has 2 aromatic rings. The molecule has 0 saturated heterocycles. The molecule has 5 heteroatoms. The van der Waals surface area contributed by atoms with Crippen LogP contribution in [0.4, 0.5) is 5.69 Å². The first-order chi connectivity index (χ1) is 12.5. The summed E-state index contributed by atoms with van der Waals surface area (Å²) in [5.41, 5.74) is 2.24. The summed E-state index contributed by atoms with van der Waals surface area (Å²) in [4.78, 5) is 24.3. The predicted molar refractivity (Wildman–Crippen MR) is 104 cm³/mol. The fraction of sp³-hybridized carbons (Fsp3) is 0.333. The van der Waals surface area contributed by atoms with E-state index in [2.05, 4.69) is 17.6 Å². The summed E-state index contributed by atoms with van der Waals surface area (Å²) in [6.45, 7) is 5.94. The van der Waals surface area contributed by atoms with E-state index >= 15 is 0 Å². The highest BCUT2D eigenvalue weighted by Gasteiger charge is 2.10. The first-order valence-electron chi connectivity index (χ1n) is 8.94. The molecule has 0 radical (unpaired) electrons. The van der Waals surface area contributed by atoms with E-state index in [4.69, 9.17) is 4.74 Å². The second-order valence-corrected chi connectivity index (χ2v) is 6.20. The minimum Gasteiger partial charge on any atom is -0.484 e. The van der Waals surface area contributed by atoms with Gasteiger partial charge in [0, 0.05) is 17.3 Å². The second kappa shape index (κ2) is 9.61. The van der Waals surface area contributed by atoms with Gasteiger partial charge in [0.15, 0.2) is 6.61 Å². The third-order valence-electron chi connectivity index (χ3n) is 4.08. The number of amides is 2. The van der Waals surface area contributed by atoms with Crippen molar-refractivity contribution in [3.05, 3.63) is 59.7 Å². The maximum absolute atomic E-state index is 12.2. The normalized spacial score (nSPS) is 11.5. The number of carbonyl (C=O) groups is 2. The molecule has 2 amide bonds. The Balaban J connectivity index is 1.92. The maximum atomic E-state index is 12.2. The number of benzene rings is 2. The van der Waals surface area contributed by atoms with Crippen molar-refractivity contribution < 1.29 is 14.3 Å². The van der Waals surface area contributed by atoms with Crippen molar-refractivity contribution in [3.8, 4) is 5.75 Å². The Morgan fingerprint density at radius 2 is 1.85 bits per heavy atom. The Morgan fingerprint density at radius 1 is 1.08 bits per heavy atom. The summed E-state index contributed by atoms with van der Waals surface area (Å²) >= 11 is 0. The zero-order valence-corrected chi connectivity index (χ0v) is 15.5. The summed E-state index contributed by atoms with van der Waals surface area (Å²) in [6.07, 6.45) is 1.77. The molecule has 1 unspecified atom stereocenters. The first kappa shape index (κ1) is 19.5. The lowest BCUT2D eigenvalue weighted by molar-refractivity contribution is -0.118. The van der Waals surface area contributed by atoms with Gasteiger partial charge in [-0.25, -0.2) is 0 Å². The third kappa shape index (κ3) is 5.92. The lowest BCUT2D eigenvalue weighted by atomic mass is 10.1. The molecule has 0 bridgehead atoms. The topological polar surface area (TPSA) is 67.4 Å². The standard InChI is InChI=1S/C21H26N2O3/c1-4-15(3)22-21(25)17-9-7-10-18(13-17)23-20(24)14-26-19-11-6-8-16(5-2)12-19/h6-13,15H,4-5,14H2,1-3H3,(H,22,25)(H,23,24). The Labute approximate surface area is 154 Å². The van der Waals surface area contributed by atoms with Crippen molar-refractivity contribution >= 4 is 17.5 Å². The Kier molecular flexibility index (Phi) is 7.21. The molecule has 0 saturated carbocycles. The van der Waals surface area contributed by atoms with Crippen molar-refractivity contribution in [2.24, 2.45) is 0 Å². The molecule has 2 rings (SSSR count). The highest BCUT2D eigenvalue weighted by molar-refractivity contribution is 5.97. The van der Waals surface area contributed by atoms with E-state index in [-0.39, 0.29) is 24.5 Å². The van der Waals surface area contributed by atoms with Crippen molar-refractivity contribution in [3.63, 3.8) is 0 Å². The van der Waals surface area contributed by atoms with Gasteiger partial charge in [-0.05, 0) is 55.7 Å². The number of ether oxygens (including phenoxy) is 1. The van der Waals surface area contributed by atoms with Crippen LogP contribution in [0.25, 0.3) is 0 Å². The van der Waals surface area contributed by atoms with Gasteiger partial charge in [0.25, 0.3) is 11.8 Å². The van der Waals surface area contributed by atoms with E-state index < -0.39 is 0 Å². The van der Waals surface area contributed by atoms with Crippen molar-refractivity contribution in [1.29, 1.82) is 0 Å². The van der Waals surface area contributed by atoms with Gasteiger partial charge in [0.05, 0.1) is 0 Å². The number of anilines is 1. The highest BCUT2D eigenvalue weighted by atomic mass is 16.5. The van der Waals surface area contributed by atoms with E-state index in [0.717, 1.165) is 18.4 Å². The molecule has 0 spiro atoms. The SMILES string of the molecule is CCc1cccc(OCC(=O)Nc2cccc(C(=O)NC(C)CC)c2)c1. The number of aryl methyl sites for hydroxylation is 1. The zero-order valence-electron chi connectivity index (χ0n) is 15.5. The zero-order chi connectivity index (χ0) is 18.9. The molecule has 0 aliphatic rings. The first-order valence-corrected chi connectivity index (χ1v) is 8.94. The minimum atomic E-state index is -0.272. The van der Waals surface area contributed by atoms with Crippen LogP contribution in [-0.4, -0.2) is 24.5 Å². The molecule has 0 fully saturated rings. The lowest BCUT2D eigenvalue weighted by Gasteiger charge is -2.12. The minimum absolute atomic E-state index is 0.0868. The maximum Gasteiger partial charge on any atom is 0.262 e. The molecule has 26 heavy (non-hydrogen) atoms. The van der Waals surface area contributed by atoms with Gasteiger partial charge in [-0.1, -0.05) is 32.0 Å². The molecule has 0 aliphatic carbocycles. The highest BCUT2D eigenvalue weighted by Crippen LogP contribution is 2.14. The van der Waals surface area contributed by atoms with Crippen LogP contribution in [0.2, 0.25) is 0 Å². The molecule has 138 valence electrons. The molecular formula is C21H26N2O3. The van der Waals surface area contributed by atoms with Crippen LogP contribution in [0.5, 0.6) is 5.75 Å². The monoisotopic (exact) mass is 354 g/mol. The largest absolute Gasteiger partial charge is 0.484 e. The number of nitrogens with one attached hydrogen (secondary N) is 2. The van der Waals surface area contributed by atoms with Gasteiger partial charge in [0.1, 0.15) is 5.75 Å². The van der Waals surface area contributed by atoms with Gasteiger partial charge in [-0.3, -0.25) is 9.59 Å². The third-order valence-corrected chi connectivity index (χ3v) is 4.08. The van der Waals surface area contributed by atoms with Gasteiger partial charge in [-0.2, -0.15) is 0 Å². The lowest BCUT2D eigenvalue weighted by Crippen LogP contribution is -2.32. The summed E-state index contributed by atoms with van der Waals surface area (Å²) < 4.78 is 5.54. The van der Waals surface area contributed by atoms with Crippen LogP contribution < -0.4 is 15.4 Å². The van der Waals surface area contributed by atoms with Gasteiger partial charge < -0.3 is 15.4 Å². The molecule has 0 aliphatic heterocycles. The molecular weight excluding hydrogens is 328 g/mol. The van der Waals surface area contributed by atoms with Crippen LogP contribution in [-0.2, 0) is 11.2 Å². The average Bonchev–Trinajstić information content (AvgIpc) is 2.66. The van der Waals surface area contributed by atoms with Crippen LogP contribution in [0.1, 0.15) is 43.1 Å². The molecule has 2 N–H and O–H groups in total. The molecule has 2 aromatic carbocycles. The number of hydrogen-bond donors (Lipinski definition) is 2. The molecule has 0 heterocycles. The van der Waals surface area contributed by atoms with Gasteiger partial charge in [0.2, 0.25) is 0 Å². The van der Waals surface area contributed by atoms with E-state index in [0.29, 0.717) is 17.0 Å². The van der Waals surface area contributed by atoms with Gasteiger partial charge in [-0.15, -0.1) is 0 Å². The van der Waals surface area contributed by atoms with Crippen molar-refractivity contribution in [2.75, 3.05) is 11.9 Å². The Hall–Kier alpha value is -2.82. The summed E-state index contributed by atoms with van der Waals surface area (Å²) in [7, 11) is 0. The quantitative estimate of drug-likeness (QED) is 0.758. The van der Waals surface area contributed by atoms with Crippen LogP contribution in [0.3, 0.4) is 0 Å². The summed E-state index contributed by atoms with van der Waals surface area (Å²) in [5, 5.41) is 5.67. The van der Waals surface area contributed by atoms with Crippen molar-refractivity contribution in [1.82, 2.24) is 5.32 Å². The Bertz CT molecular complexity index is 758. The molecule has 1 atom stereocenters. The van der Waals surface area contributed by atoms with Crippen LogP contribution in [0.15, 0.2) is 48.5 Å².